The Hall–Kier alpha value is -2.03. The van der Waals surface area contributed by atoms with Crippen LogP contribution in [0.4, 0.5) is 15.8 Å². The Labute approximate surface area is 196 Å². The fourth-order valence-electron chi connectivity index (χ4n) is 3.66. The van der Waals surface area contributed by atoms with Crippen molar-refractivity contribution in [1.82, 2.24) is 10.6 Å². The highest BCUT2D eigenvalue weighted by molar-refractivity contribution is 14.0. The molecule has 2 N–H and O–H groups in total. The van der Waals surface area contributed by atoms with Crippen LogP contribution in [0.2, 0.25) is 0 Å². The zero-order chi connectivity index (χ0) is 20.8. The average Bonchev–Trinajstić information content (AvgIpc) is 3.25. The molecule has 3 rings (SSSR count). The van der Waals surface area contributed by atoms with Crippen LogP contribution < -0.4 is 20.4 Å². The Bertz CT molecular complexity index is 849. The number of hydrogen-bond acceptors (Lipinski definition) is 3. The molecule has 0 saturated carbocycles. The molecule has 0 spiro atoms. The highest BCUT2D eigenvalue weighted by atomic mass is 127. The van der Waals surface area contributed by atoms with Crippen molar-refractivity contribution in [3.63, 3.8) is 0 Å². The topological polar surface area (TPSA) is 42.9 Å². The number of nitrogens with one attached hydrogen (secondary N) is 2. The highest BCUT2D eigenvalue weighted by Crippen LogP contribution is 2.24. The fraction of sp³-hybridized carbons (Fsp3) is 0.435. The molecule has 1 saturated heterocycles. The minimum Gasteiger partial charge on any atom is -0.375 e. The van der Waals surface area contributed by atoms with Crippen LogP contribution in [0.25, 0.3) is 0 Å². The fourth-order valence-corrected chi connectivity index (χ4v) is 3.66. The van der Waals surface area contributed by atoms with Crippen molar-refractivity contribution < 1.29 is 4.39 Å². The van der Waals surface area contributed by atoms with E-state index in [0.29, 0.717) is 18.2 Å². The Kier molecular flexibility index (Phi) is 9.20. The van der Waals surface area contributed by atoms with E-state index in [-0.39, 0.29) is 35.8 Å². The Morgan fingerprint density at radius 3 is 2.53 bits per heavy atom. The number of guanidine groups is 1. The summed E-state index contributed by atoms with van der Waals surface area (Å²) in [4.78, 5) is 8.53. The zero-order valence-electron chi connectivity index (χ0n) is 18.3. The van der Waals surface area contributed by atoms with E-state index >= 15 is 0 Å². The lowest BCUT2D eigenvalue weighted by atomic mass is 10.1. The van der Waals surface area contributed by atoms with Gasteiger partial charge in [0.15, 0.2) is 5.96 Å². The van der Waals surface area contributed by atoms with E-state index in [2.05, 4.69) is 51.7 Å². The maximum Gasteiger partial charge on any atom is 0.191 e. The zero-order valence-corrected chi connectivity index (χ0v) is 20.6. The Morgan fingerprint density at radius 1 is 1.17 bits per heavy atom. The van der Waals surface area contributed by atoms with Gasteiger partial charge in [-0.15, -0.1) is 24.0 Å². The van der Waals surface area contributed by atoms with Crippen molar-refractivity contribution in [1.29, 1.82) is 0 Å². The first-order valence-corrected chi connectivity index (χ1v) is 10.3. The second-order valence-electron chi connectivity index (χ2n) is 7.76. The van der Waals surface area contributed by atoms with Gasteiger partial charge in [0.25, 0.3) is 0 Å². The molecule has 7 heteroatoms. The number of rotatable bonds is 6. The number of halogens is 2. The van der Waals surface area contributed by atoms with Gasteiger partial charge in [0, 0.05) is 46.5 Å². The van der Waals surface area contributed by atoms with Crippen molar-refractivity contribution >= 4 is 41.3 Å². The van der Waals surface area contributed by atoms with Gasteiger partial charge in [-0.25, -0.2) is 4.39 Å². The lowest BCUT2D eigenvalue weighted by Gasteiger charge is -2.22. The van der Waals surface area contributed by atoms with Crippen molar-refractivity contribution in [2.75, 3.05) is 44.0 Å². The van der Waals surface area contributed by atoms with E-state index in [9.17, 15) is 4.39 Å². The van der Waals surface area contributed by atoms with Gasteiger partial charge in [0.2, 0.25) is 0 Å². The molecule has 0 amide bonds. The molecule has 0 aromatic heterocycles. The predicted octanol–water partition coefficient (Wildman–Crippen LogP) is 4.54. The molecular weight excluding hydrogens is 492 g/mol. The SMILES string of the molecule is CN=C(NCc1ccc(N(C)C)c(F)c1)NC(C)c1cccc(N2CCCC2)c1.I. The standard InChI is InChI=1S/C23H32FN5.HI/c1-17(19-8-7-9-20(15-19)29-12-5-6-13-29)27-23(25-2)26-16-18-10-11-22(28(3)4)21(24)14-18;/h7-11,14-15,17H,5-6,12-13,16H2,1-4H3,(H2,25,26,27);1H. The summed E-state index contributed by atoms with van der Waals surface area (Å²) in [5, 5.41) is 6.71. The predicted molar refractivity (Wildman–Crippen MR) is 136 cm³/mol. The summed E-state index contributed by atoms with van der Waals surface area (Å²) in [5.41, 5.74) is 3.97. The molecule has 2 aromatic rings. The molecule has 0 bridgehead atoms. The summed E-state index contributed by atoms with van der Waals surface area (Å²) in [6.45, 7) is 4.90. The number of aliphatic imine (C=N–C) groups is 1. The van der Waals surface area contributed by atoms with Gasteiger partial charge in [-0.3, -0.25) is 4.99 Å². The first kappa shape index (κ1) is 24.2. The molecule has 1 aliphatic rings. The monoisotopic (exact) mass is 525 g/mol. The van der Waals surface area contributed by atoms with Gasteiger partial charge in [-0.05, 0) is 55.2 Å². The van der Waals surface area contributed by atoms with Crippen molar-refractivity contribution in [2.45, 2.75) is 32.4 Å². The molecule has 30 heavy (non-hydrogen) atoms. The first-order valence-electron chi connectivity index (χ1n) is 10.3. The number of nitrogens with zero attached hydrogens (tertiary/aromatic N) is 3. The summed E-state index contributed by atoms with van der Waals surface area (Å²) >= 11 is 0. The molecule has 5 nitrogen and oxygen atoms in total. The first-order chi connectivity index (χ1) is 14.0. The third-order valence-corrected chi connectivity index (χ3v) is 5.37. The second-order valence-corrected chi connectivity index (χ2v) is 7.76. The van der Waals surface area contributed by atoms with Crippen LogP contribution >= 0.6 is 24.0 Å². The Balaban J connectivity index is 0.00000320. The van der Waals surface area contributed by atoms with E-state index < -0.39 is 0 Å². The molecule has 1 atom stereocenters. The van der Waals surface area contributed by atoms with Crippen LogP contribution in [0.15, 0.2) is 47.5 Å². The van der Waals surface area contributed by atoms with Crippen molar-refractivity contribution in [2.24, 2.45) is 4.99 Å². The van der Waals surface area contributed by atoms with Crippen LogP contribution in [-0.2, 0) is 6.54 Å². The molecular formula is C23H33FIN5. The van der Waals surface area contributed by atoms with E-state index in [1.54, 1.807) is 24.1 Å². The molecule has 1 aliphatic heterocycles. The van der Waals surface area contributed by atoms with Crippen LogP contribution in [0, 0.1) is 5.82 Å². The minimum atomic E-state index is -0.218. The van der Waals surface area contributed by atoms with Gasteiger partial charge in [-0.1, -0.05) is 18.2 Å². The van der Waals surface area contributed by atoms with Crippen LogP contribution in [0.3, 0.4) is 0 Å². The quantitative estimate of drug-likeness (QED) is 0.331. The van der Waals surface area contributed by atoms with Crippen molar-refractivity contribution in [3.8, 4) is 0 Å². The van der Waals surface area contributed by atoms with E-state index in [1.807, 2.05) is 20.2 Å². The average molecular weight is 525 g/mol. The third kappa shape index (κ3) is 6.23. The van der Waals surface area contributed by atoms with Gasteiger partial charge in [-0.2, -0.15) is 0 Å². The second kappa shape index (κ2) is 11.4. The number of anilines is 2. The van der Waals surface area contributed by atoms with Crippen molar-refractivity contribution in [3.05, 3.63) is 59.4 Å². The molecule has 1 unspecified atom stereocenters. The summed E-state index contributed by atoms with van der Waals surface area (Å²) in [6.07, 6.45) is 2.54. The van der Waals surface area contributed by atoms with Gasteiger partial charge < -0.3 is 20.4 Å². The third-order valence-electron chi connectivity index (χ3n) is 5.37. The van der Waals surface area contributed by atoms with Gasteiger partial charge >= 0.3 is 0 Å². The molecule has 164 valence electrons. The van der Waals surface area contributed by atoms with Crippen LogP contribution in [0.1, 0.15) is 36.9 Å². The lowest BCUT2D eigenvalue weighted by molar-refractivity contribution is 0.622. The molecule has 2 aromatic carbocycles. The van der Waals surface area contributed by atoms with Crippen LogP contribution in [0.5, 0.6) is 0 Å². The minimum absolute atomic E-state index is 0. The summed E-state index contributed by atoms with van der Waals surface area (Å²) in [5.74, 6) is 0.477. The van der Waals surface area contributed by atoms with Gasteiger partial charge in [0.1, 0.15) is 5.82 Å². The number of benzene rings is 2. The lowest BCUT2D eigenvalue weighted by Crippen LogP contribution is -2.38. The normalized spacial score (nSPS) is 14.8. The maximum atomic E-state index is 14.2. The Morgan fingerprint density at radius 2 is 1.90 bits per heavy atom. The van der Waals surface area contributed by atoms with E-state index in [0.717, 1.165) is 18.7 Å². The molecule has 1 fully saturated rings. The van der Waals surface area contributed by atoms with E-state index in [1.165, 1.54) is 24.1 Å². The highest BCUT2D eigenvalue weighted by Gasteiger charge is 2.14. The smallest absolute Gasteiger partial charge is 0.191 e. The van der Waals surface area contributed by atoms with E-state index in [4.69, 9.17) is 0 Å². The maximum absolute atomic E-state index is 14.2. The summed E-state index contributed by atoms with van der Waals surface area (Å²) in [7, 11) is 5.42. The summed E-state index contributed by atoms with van der Waals surface area (Å²) < 4.78 is 14.2. The summed E-state index contributed by atoms with van der Waals surface area (Å²) in [6, 6.07) is 14.1. The molecule has 0 aliphatic carbocycles. The molecule has 0 radical (unpaired) electrons. The largest absolute Gasteiger partial charge is 0.375 e. The van der Waals surface area contributed by atoms with Gasteiger partial charge in [0.05, 0.1) is 11.7 Å². The van der Waals surface area contributed by atoms with Crippen LogP contribution in [-0.4, -0.2) is 40.2 Å². The number of hydrogen-bond donors (Lipinski definition) is 2. The molecule has 1 heterocycles.